The molecule has 0 bridgehead atoms. The molecule has 0 radical (unpaired) electrons. The summed E-state index contributed by atoms with van der Waals surface area (Å²) < 4.78 is 0. The van der Waals surface area contributed by atoms with Crippen LogP contribution in [0.3, 0.4) is 0 Å². The molecule has 5 heteroatoms. The molecule has 23 heavy (non-hydrogen) atoms. The summed E-state index contributed by atoms with van der Waals surface area (Å²) in [7, 11) is 0. The van der Waals surface area contributed by atoms with E-state index in [1.807, 2.05) is 18.2 Å². The molecule has 1 saturated carbocycles. The molecular weight excluding hydrogens is 306 g/mol. The minimum absolute atomic E-state index is 0.0397. The lowest BCUT2D eigenvalue weighted by Crippen LogP contribution is -2.14. The van der Waals surface area contributed by atoms with Crippen LogP contribution in [0.1, 0.15) is 30.0 Å². The van der Waals surface area contributed by atoms with Gasteiger partial charge in [-0.15, -0.1) is 0 Å². The summed E-state index contributed by atoms with van der Waals surface area (Å²) in [6.45, 7) is 0. The van der Waals surface area contributed by atoms with Crippen molar-refractivity contribution in [3.05, 3.63) is 58.4 Å². The summed E-state index contributed by atoms with van der Waals surface area (Å²) in [6, 6.07) is 12.2. The summed E-state index contributed by atoms with van der Waals surface area (Å²) in [5.74, 6) is 1.19. The van der Waals surface area contributed by atoms with Gasteiger partial charge in [0.2, 0.25) is 5.91 Å². The van der Waals surface area contributed by atoms with Gasteiger partial charge in [0.15, 0.2) is 5.82 Å². The molecule has 1 fully saturated rings. The maximum Gasteiger partial charge on any atom is 0.229 e. The Balaban J connectivity index is 1.37. The second-order valence-electron chi connectivity index (χ2n) is 5.92. The van der Waals surface area contributed by atoms with Gasteiger partial charge in [0, 0.05) is 17.7 Å². The van der Waals surface area contributed by atoms with Crippen molar-refractivity contribution in [3.63, 3.8) is 0 Å². The van der Waals surface area contributed by atoms with Crippen LogP contribution in [-0.2, 0) is 11.2 Å². The van der Waals surface area contributed by atoms with Crippen molar-refractivity contribution in [3.8, 4) is 11.1 Å². The molecule has 0 atom stereocenters. The largest absolute Gasteiger partial charge is 0.309 e. The number of H-pyrrole nitrogens is 1. The molecule has 1 amide bonds. The molecule has 2 N–H and O–H groups in total. The van der Waals surface area contributed by atoms with Gasteiger partial charge in [0.05, 0.1) is 6.42 Å². The van der Waals surface area contributed by atoms with E-state index in [0.29, 0.717) is 18.2 Å². The van der Waals surface area contributed by atoms with E-state index in [-0.39, 0.29) is 5.91 Å². The Kier molecular flexibility index (Phi) is 3.71. The summed E-state index contributed by atoms with van der Waals surface area (Å²) in [4.78, 5) is 12.1. The highest BCUT2D eigenvalue weighted by molar-refractivity contribution is 7.08. The van der Waals surface area contributed by atoms with E-state index in [0.717, 1.165) is 11.3 Å². The average Bonchev–Trinajstić information content (AvgIpc) is 3.07. The standard InChI is InChI=1S/C18H17N3OS/c22-18(19-17-10-16(20-21-17)14-5-6-14)9-12-1-3-13(4-2-12)15-7-8-23-11-15/h1-4,7-8,10-11,14H,5-6,9H2,(H2,19,20,21,22). The summed E-state index contributed by atoms with van der Waals surface area (Å²) >= 11 is 1.68. The van der Waals surface area contributed by atoms with Crippen LogP contribution in [-0.4, -0.2) is 16.1 Å². The van der Waals surface area contributed by atoms with Crippen molar-refractivity contribution in [2.24, 2.45) is 0 Å². The number of hydrogen-bond donors (Lipinski definition) is 2. The molecular formula is C18H17N3OS. The average molecular weight is 323 g/mol. The first-order valence-electron chi connectivity index (χ1n) is 7.74. The van der Waals surface area contributed by atoms with E-state index in [4.69, 9.17) is 0 Å². The molecule has 1 aliphatic carbocycles. The van der Waals surface area contributed by atoms with E-state index in [1.54, 1.807) is 11.3 Å². The van der Waals surface area contributed by atoms with Gasteiger partial charge in [-0.1, -0.05) is 24.3 Å². The molecule has 1 aromatic carbocycles. The number of carbonyl (C=O) groups excluding carboxylic acids is 1. The van der Waals surface area contributed by atoms with Crippen LogP contribution in [0.25, 0.3) is 11.1 Å². The predicted octanol–water partition coefficient (Wildman–Crippen LogP) is 4.20. The molecule has 2 heterocycles. The normalized spacial score (nSPS) is 13.9. The molecule has 2 aromatic heterocycles. The predicted molar refractivity (Wildman–Crippen MR) is 92.7 cm³/mol. The summed E-state index contributed by atoms with van der Waals surface area (Å²) in [5, 5.41) is 14.2. The van der Waals surface area contributed by atoms with Crippen LogP contribution in [0.5, 0.6) is 0 Å². The van der Waals surface area contributed by atoms with Gasteiger partial charge in [-0.25, -0.2) is 0 Å². The monoisotopic (exact) mass is 323 g/mol. The molecule has 0 aliphatic heterocycles. The summed E-state index contributed by atoms with van der Waals surface area (Å²) in [5.41, 5.74) is 4.52. The van der Waals surface area contributed by atoms with Crippen LogP contribution in [0.2, 0.25) is 0 Å². The number of aromatic nitrogens is 2. The molecule has 0 unspecified atom stereocenters. The highest BCUT2D eigenvalue weighted by atomic mass is 32.1. The molecule has 116 valence electrons. The molecule has 3 aromatic rings. The Bertz CT molecular complexity index is 801. The molecule has 4 rings (SSSR count). The fraction of sp³-hybridized carbons (Fsp3) is 0.222. The van der Waals surface area contributed by atoms with Gasteiger partial charge < -0.3 is 5.32 Å². The fourth-order valence-electron chi connectivity index (χ4n) is 2.62. The molecule has 0 spiro atoms. The van der Waals surface area contributed by atoms with E-state index in [1.165, 1.54) is 24.0 Å². The number of thiophene rings is 1. The van der Waals surface area contributed by atoms with Crippen molar-refractivity contribution in [1.82, 2.24) is 10.2 Å². The van der Waals surface area contributed by atoms with E-state index in [2.05, 4.69) is 44.5 Å². The number of aromatic amines is 1. The first-order chi connectivity index (χ1) is 11.3. The maximum absolute atomic E-state index is 12.1. The van der Waals surface area contributed by atoms with E-state index >= 15 is 0 Å². The third-order valence-corrected chi connectivity index (χ3v) is 4.74. The van der Waals surface area contributed by atoms with E-state index < -0.39 is 0 Å². The number of hydrogen-bond acceptors (Lipinski definition) is 3. The molecule has 1 aliphatic rings. The number of carbonyl (C=O) groups is 1. The number of benzene rings is 1. The van der Waals surface area contributed by atoms with Crippen molar-refractivity contribution in [1.29, 1.82) is 0 Å². The lowest BCUT2D eigenvalue weighted by Gasteiger charge is -2.04. The molecule has 4 nitrogen and oxygen atoms in total. The van der Waals surface area contributed by atoms with Gasteiger partial charge in [-0.05, 0) is 46.4 Å². The van der Waals surface area contributed by atoms with Crippen molar-refractivity contribution in [2.75, 3.05) is 5.32 Å². The van der Waals surface area contributed by atoms with Crippen LogP contribution in [0, 0.1) is 0 Å². The fourth-order valence-corrected chi connectivity index (χ4v) is 3.29. The Morgan fingerprint density at radius 3 is 2.74 bits per heavy atom. The third kappa shape index (κ3) is 3.35. The first-order valence-corrected chi connectivity index (χ1v) is 8.69. The Morgan fingerprint density at radius 2 is 2.04 bits per heavy atom. The minimum Gasteiger partial charge on any atom is -0.309 e. The van der Waals surface area contributed by atoms with Crippen LogP contribution in [0.15, 0.2) is 47.2 Å². The number of rotatable bonds is 5. The highest BCUT2D eigenvalue weighted by Gasteiger charge is 2.25. The number of amides is 1. The van der Waals surface area contributed by atoms with Gasteiger partial charge in [-0.2, -0.15) is 16.4 Å². The first kappa shape index (κ1) is 14.2. The van der Waals surface area contributed by atoms with Crippen LogP contribution >= 0.6 is 11.3 Å². The molecule has 0 saturated heterocycles. The van der Waals surface area contributed by atoms with Crippen LogP contribution in [0.4, 0.5) is 5.82 Å². The number of anilines is 1. The highest BCUT2D eigenvalue weighted by Crippen LogP contribution is 2.39. The third-order valence-electron chi connectivity index (χ3n) is 4.06. The second kappa shape index (κ2) is 6.01. The zero-order valence-electron chi connectivity index (χ0n) is 12.6. The Hall–Kier alpha value is -2.40. The van der Waals surface area contributed by atoms with Crippen molar-refractivity contribution < 1.29 is 4.79 Å². The van der Waals surface area contributed by atoms with Gasteiger partial charge >= 0.3 is 0 Å². The van der Waals surface area contributed by atoms with E-state index in [9.17, 15) is 4.79 Å². The Labute approximate surface area is 138 Å². The van der Waals surface area contributed by atoms with Crippen molar-refractivity contribution in [2.45, 2.75) is 25.2 Å². The summed E-state index contributed by atoms with van der Waals surface area (Å²) in [6.07, 6.45) is 2.79. The zero-order valence-corrected chi connectivity index (χ0v) is 13.4. The topological polar surface area (TPSA) is 57.8 Å². The zero-order chi connectivity index (χ0) is 15.6. The van der Waals surface area contributed by atoms with Gasteiger partial charge in [0.1, 0.15) is 0 Å². The SMILES string of the molecule is O=C(Cc1ccc(-c2ccsc2)cc1)Nc1cc(C2CC2)[nH]n1. The lowest BCUT2D eigenvalue weighted by atomic mass is 10.1. The number of nitrogens with zero attached hydrogens (tertiary/aromatic N) is 1. The second-order valence-corrected chi connectivity index (χ2v) is 6.70. The Morgan fingerprint density at radius 1 is 1.22 bits per heavy atom. The smallest absolute Gasteiger partial charge is 0.229 e. The maximum atomic E-state index is 12.1. The minimum atomic E-state index is -0.0397. The number of nitrogens with one attached hydrogen (secondary N) is 2. The van der Waals surface area contributed by atoms with Crippen LogP contribution < -0.4 is 5.32 Å². The quantitative estimate of drug-likeness (QED) is 0.739. The van der Waals surface area contributed by atoms with Gasteiger partial charge in [-0.3, -0.25) is 9.89 Å². The lowest BCUT2D eigenvalue weighted by molar-refractivity contribution is -0.115. The van der Waals surface area contributed by atoms with Gasteiger partial charge in [0.25, 0.3) is 0 Å². The van der Waals surface area contributed by atoms with Crippen molar-refractivity contribution >= 4 is 23.1 Å².